The van der Waals surface area contributed by atoms with E-state index in [4.69, 9.17) is 4.74 Å². The van der Waals surface area contributed by atoms with Crippen LogP contribution in [0.15, 0.2) is 47.5 Å². The third-order valence-electron chi connectivity index (χ3n) is 4.99. The summed E-state index contributed by atoms with van der Waals surface area (Å²) < 4.78 is 32.6. The van der Waals surface area contributed by atoms with Crippen LogP contribution in [0.3, 0.4) is 0 Å². The number of nitrogens with zero attached hydrogens (tertiary/aromatic N) is 2. The molecule has 0 aliphatic carbocycles. The lowest BCUT2D eigenvalue weighted by atomic mass is 10.2. The Morgan fingerprint density at radius 3 is 2.52 bits per heavy atom. The van der Waals surface area contributed by atoms with E-state index in [0.717, 1.165) is 30.2 Å². The average Bonchev–Trinajstić information content (AvgIpc) is 2.69. The summed E-state index contributed by atoms with van der Waals surface area (Å²) in [6.45, 7) is 3.44. The Balaban J connectivity index is 1.73. The van der Waals surface area contributed by atoms with Crippen LogP contribution in [0.4, 0.5) is 5.82 Å². The highest BCUT2D eigenvalue weighted by molar-refractivity contribution is 7.89. The lowest BCUT2D eigenvalue weighted by Gasteiger charge is -2.29. The first-order valence-corrected chi connectivity index (χ1v) is 10.5. The number of likely N-dealkylation sites (N-methyl/N-ethyl adjacent to an activating group) is 1. The SMILES string of the molecule is COc1ccccc1CN(C)c1ccc(S(=O)(=O)N2CC[NH+](C)CC2)c[nH+]1. The first kappa shape index (κ1) is 19.6. The van der Waals surface area contributed by atoms with Gasteiger partial charge in [0.05, 0.1) is 47.4 Å². The summed E-state index contributed by atoms with van der Waals surface area (Å²) >= 11 is 0. The maximum atomic E-state index is 12.8. The topological polar surface area (TPSA) is 68.4 Å². The minimum Gasteiger partial charge on any atom is -0.496 e. The van der Waals surface area contributed by atoms with Crippen LogP contribution in [-0.4, -0.2) is 60.1 Å². The van der Waals surface area contributed by atoms with E-state index < -0.39 is 10.0 Å². The number of anilines is 1. The van der Waals surface area contributed by atoms with E-state index in [9.17, 15) is 8.42 Å². The number of H-pyrrole nitrogens is 1. The number of piperazine rings is 1. The van der Waals surface area contributed by atoms with Crippen molar-refractivity contribution in [3.8, 4) is 5.75 Å². The molecule has 0 unspecified atom stereocenters. The molecule has 1 aromatic carbocycles. The predicted molar refractivity (Wildman–Crippen MR) is 103 cm³/mol. The second-order valence-corrected chi connectivity index (χ2v) is 8.88. The third-order valence-corrected chi connectivity index (χ3v) is 6.89. The summed E-state index contributed by atoms with van der Waals surface area (Å²) in [5, 5.41) is 0. The van der Waals surface area contributed by atoms with Crippen LogP contribution in [0.1, 0.15) is 5.56 Å². The Hall–Kier alpha value is -2.16. The molecule has 1 aliphatic rings. The highest BCUT2D eigenvalue weighted by Gasteiger charge is 2.30. The number of quaternary nitrogens is 1. The van der Waals surface area contributed by atoms with Crippen LogP contribution in [0.5, 0.6) is 5.75 Å². The molecule has 2 N–H and O–H groups in total. The number of ether oxygens (including phenoxy) is 1. The predicted octanol–water partition coefficient (Wildman–Crippen LogP) is -0.335. The summed E-state index contributed by atoms with van der Waals surface area (Å²) in [6, 6.07) is 11.3. The lowest BCUT2D eigenvalue weighted by Crippen LogP contribution is -3.12. The van der Waals surface area contributed by atoms with Crippen LogP contribution < -0.4 is 19.5 Å². The van der Waals surface area contributed by atoms with Crippen LogP contribution >= 0.6 is 0 Å². The third kappa shape index (κ3) is 4.40. The molecule has 1 aromatic heterocycles. The molecule has 0 amide bonds. The number of hydrogen-bond acceptors (Lipinski definition) is 4. The fourth-order valence-corrected chi connectivity index (χ4v) is 4.64. The van der Waals surface area contributed by atoms with Crippen molar-refractivity contribution in [3.63, 3.8) is 0 Å². The summed E-state index contributed by atoms with van der Waals surface area (Å²) in [6.07, 6.45) is 1.58. The Kier molecular flexibility index (Phi) is 5.98. The number of nitrogens with one attached hydrogen (secondary N) is 2. The van der Waals surface area contributed by atoms with Gasteiger partial charge in [-0.25, -0.2) is 13.4 Å². The number of benzene rings is 1. The van der Waals surface area contributed by atoms with Crippen LogP contribution in [0.2, 0.25) is 0 Å². The molecule has 146 valence electrons. The number of hydrogen-bond donors (Lipinski definition) is 1. The number of aromatic nitrogens is 1. The highest BCUT2D eigenvalue weighted by atomic mass is 32.2. The molecule has 0 saturated carbocycles. The van der Waals surface area contributed by atoms with Gasteiger partial charge in [0, 0.05) is 11.6 Å². The largest absolute Gasteiger partial charge is 0.496 e. The van der Waals surface area contributed by atoms with Gasteiger partial charge < -0.3 is 9.64 Å². The van der Waals surface area contributed by atoms with E-state index in [0.29, 0.717) is 24.5 Å². The molecule has 2 heterocycles. The number of rotatable bonds is 6. The first-order chi connectivity index (χ1) is 12.9. The fourth-order valence-electron chi connectivity index (χ4n) is 3.23. The minimum atomic E-state index is -3.45. The standard InChI is InChI=1S/C19H26N4O3S/c1-21-10-12-23(13-11-21)27(24,25)17-8-9-19(20-14-17)22(2)15-16-6-4-5-7-18(16)26-3/h4-9,14H,10-13,15H2,1-3H3/p+2. The van der Waals surface area contributed by atoms with Crippen molar-refractivity contribution in [2.24, 2.45) is 0 Å². The number of aromatic amines is 1. The normalized spacial score (nSPS) is 16.3. The van der Waals surface area contributed by atoms with E-state index in [2.05, 4.69) is 12.0 Å². The summed E-state index contributed by atoms with van der Waals surface area (Å²) in [4.78, 5) is 6.81. The zero-order valence-corrected chi connectivity index (χ0v) is 16.9. The summed E-state index contributed by atoms with van der Waals surface area (Å²) in [7, 11) is 2.25. The molecule has 1 saturated heterocycles. The van der Waals surface area contributed by atoms with Crippen molar-refractivity contribution in [2.75, 3.05) is 52.3 Å². The maximum absolute atomic E-state index is 12.8. The molecule has 2 aromatic rings. The second-order valence-electron chi connectivity index (χ2n) is 6.94. The smallest absolute Gasteiger partial charge is 0.274 e. The molecule has 8 heteroatoms. The second kappa shape index (κ2) is 8.24. The van der Waals surface area contributed by atoms with Crippen molar-refractivity contribution < 1.29 is 23.0 Å². The van der Waals surface area contributed by atoms with Crippen LogP contribution in [-0.2, 0) is 16.6 Å². The van der Waals surface area contributed by atoms with Gasteiger partial charge in [-0.1, -0.05) is 18.2 Å². The van der Waals surface area contributed by atoms with Crippen molar-refractivity contribution in [1.29, 1.82) is 0 Å². The molecular formula is C19H28N4O3S+2. The Morgan fingerprint density at radius 1 is 1.19 bits per heavy atom. The fraction of sp³-hybridized carbons (Fsp3) is 0.421. The van der Waals surface area contributed by atoms with Gasteiger partial charge in [-0.2, -0.15) is 4.31 Å². The molecule has 3 rings (SSSR count). The van der Waals surface area contributed by atoms with Gasteiger partial charge in [0.2, 0.25) is 10.0 Å². The van der Waals surface area contributed by atoms with Gasteiger partial charge in [0.15, 0.2) is 0 Å². The first-order valence-electron chi connectivity index (χ1n) is 9.08. The molecule has 0 spiro atoms. The zero-order valence-electron chi connectivity index (χ0n) is 16.1. The summed E-state index contributed by atoms with van der Waals surface area (Å²) in [5.74, 6) is 1.67. The Morgan fingerprint density at radius 2 is 1.89 bits per heavy atom. The van der Waals surface area contributed by atoms with E-state index in [1.165, 1.54) is 4.90 Å². The molecule has 1 aliphatic heterocycles. The molecule has 0 atom stereocenters. The van der Waals surface area contributed by atoms with E-state index >= 15 is 0 Å². The number of methoxy groups -OCH3 is 1. The Bertz CT molecular complexity index is 863. The molecular weight excluding hydrogens is 364 g/mol. The van der Waals surface area contributed by atoms with Gasteiger partial charge in [0.25, 0.3) is 5.82 Å². The average molecular weight is 393 g/mol. The Labute approximate surface area is 161 Å². The molecule has 1 fully saturated rings. The molecule has 0 bridgehead atoms. The lowest BCUT2D eigenvalue weighted by molar-refractivity contribution is -0.883. The van der Waals surface area contributed by atoms with Crippen LogP contribution in [0.25, 0.3) is 0 Å². The number of sulfonamides is 1. The van der Waals surface area contributed by atoms with Crippen molar-refractivity contribution in [2.45, 2.75) is 11.4 Å². The van der Waals surface area contributed by atoms with E-state index in [-0.39, 0.29) is 0 Å². The van der Waals surface area contributed by atoms with Crippen LogP contribution in [0, 0.1) is 0 Å². The van der Waals surface area contributed by atoms with Crippen molar-refractivity contribution >= 4 is 15.8 Å². The number of para-hydroxylation sites is 1. The quantitative estimate of drug-likeness (QED) is 0.731. The zero-order chi connectivity index (χ0) is 19.4. The van der Waals surface area contributed by atoms with Gasteiger partial charge in [-0.15, -0.1) is 0 Å². The molecule has 7 nitrogen and oxygen atoms in total. The maximum Gasteiger partial charge on any atom is 0.274 e. The monoisotopic (exact) mass is 392 g/mol. The molecule has 0 radical (unpaired) electrons. The van der Waals surface area contributed by atoms with Gasteiger partial charge in [-0.05, 0) is 12.1 Å². The van der Waals surface area contributed by atoms with E-state index in [1.807, 2.05) is 42.3 Å². The van der Waals surface area contributed by atoms with Crippen molar-refractivity contribution in [1.82, 2.24) is 4.31 Å². The van der Waals surface area contributed by atoms with Gasteiger partial charge in [0.1, 0.15) is 23.4 Å². The molecule has 27 heavy (non-hydrogen) atoms. The van der Waals surface area contributed by atoms with E-state index in [1.54, 1.807) is 23.7 Å². The minimum absolute atomic E-state index is 0.302. The van der Waals surface area contributed by atoms with Crippen molar-refractivity contribution in [3.05, 3.63) is 48.2 Å². The highest BCUT2D eigenvalue weighted by Crippen LogP contribution is 2.21. The number of pyridine rings is 1. The van der Waals surface area contributed by atoms with Gasteiger partial charge in [-0.3, -0.25) is 4.90 Å². The summed E-state index contributed by atoms with van der Waals surface area (Å²) in [5.41, 5.74) is 1.06. The van der Waals surface area contributed by atoms with Gasteiger partial charge >= 0.3 is 0 Å².